The van der Waals surface area contributed by atoms with E-state index in [0.717, 1.165) is 21.8 Å². The third-order valence-corrected chi connectivity index (χ3v) is 5.69. The van der Waals surface area contributed by atoms with Crippen LogP contribution in [0, 0.1) is 0 Å². The number of alkyl halides is 3. The molecule has 1 aliphatic heterocycles. The molecule has 3 aromatic rings. The first-order chi connectivity index (χ1) is 15.7. The number of halogens is 3. The van der Waals surface area contributed by atoms with Crippen molar-refractivity contribution in [3.63, 3.8) is 0 Å². The first kappa shape index (κ1) is 22.7. The molecule has 3 amide bonds. The lowest BCUT2D eigenvalue weighted by Crippen LogP contribution is -2.32. The number of ether oxygens (including phenoxy) is 1. The van der Waals surface area contributed by atoms with E-state index in [0.29, 0.717) is 5.69 Å². The van der Waals surface area contributed by atoms with Gasteiger partial charge in [0.05, 0.1) is 18.5 Å². The number of hydrogen-bond acceptors (Lipinski definition) is 5. The SMILES string of the molecule is COc1ccc(-c2cc(CN3CC(=O)N(c4ccc(SC(F)(F)F)cc4)C3=O)ccn2)cc1. The number of imide groups is 1. The smallest absolute Gasteiger partial charge is 0.446 e. The van der Waals surface area contributed by atoms with E-state index in [1.807, 2.05) is 30.3 Å². The number of hydrogen-bond donors (Lipinski definition) is 0. The molecule has 0 saturated carbocycles. The standard InChI is InChI=1S/C23H18F3N3O3S/c1-32-18-6-2-16(3-7-18)20-12-15(10-11-27-20)13-28-14-21(30)29(22(28)31)17-4-8-19(9-5-17)33-23(24,25)26/h2-12H,13-14H2,1H3. The average Bonchev–Trinajstić information content (AvgIpc) is 3.06. The molecule has 1 saturated heterocycles. The summed E-state index contributed by atoms with van der Waals surface area (Å²) < 4.78 is 42.7. The lowest BCUT2D eigenvalue weighted by molar-refractivity contribution is -0.116. The van der Waals surface area contributed by atoms with Crippen LogP contribution in [0.4, 0.5) is 23.7 Å². The van der Waals surface area contributed by atoms with Crippen molar-refractivity contribution in [2.24, 2.45) is 0 Å². The summed E-state index contributed by atoms with van der Waals surface area (Å²) in [5, 5.41) is 0. The molecule has 4 rings (SSSR count). The maximum atomic E-state index is 12.9. The number of amides is 3. The Hall–Kier alpha value is -3.53. The van der Waals surface area contributed by atoms with Gasteiger partial charge in [-0.3, -0.25) is 9.78 Å². The van der Waals surface area contributed by atoms with E-state index in [4.69, 9.17) is 4.74 Å². The second-order valence-electron chi connectivity index (χ2n) is 7.19. The van der Waals surface area contributed by atoms with Gasteiger partial charge in [-0.25, -0.2) is 9.69 Å². The lowest BCUT2D eigenvalue weighted by atomic mass is 10.1. The van der Waals surface area contributed by atoms with Crippen molar-refractivity contribution in [3.8, 4) is 17.0 Å². The Morgan fingerprint density at radius 3 is 2.36 bits per heavy atom. The summed E-state index contributed by atoms with van der Waals surface area (Å²) in [5.74, 6) is 0.280. The molecule has 0 N–H and O–H groups in total. The Kier molecular flexibility index (Phi) is 6.28. The molecule has 0 spiro atoms. The number of aromatic nitrogens is 1. The van der Waals surface area contributed by atoms with Crippen LogP contribution in [-0.4, -0.2) is 41.0 Å². The molecule has 1 aliphatic rings. The summed E-state index contributed by atoms with van der Waals surface area (Å²) in [5.41, 5.74) is -1.81. The van der Waals surface area contributed by atoms with Crippen molar-refractivity contribution in [2.45, 2.75) is 16.9 Å². The van der Waals surface area contributed by atoms with Crippen LogP contribution in [0.3, 0.4) is 0 Å². The first-order valence-electron chi connectivity index (χ1n) is 9.80. The zero-order valence-corrected chi connectivity index (χ0v) is 18.2. The zero-order chi connectivity index (χ0) is 23.6. The number of anilines is 1. The molecule has 170 valence electrons. The number of carbonyl (C=O) groups excluding carboxylic acids is 2. The highest BCUT2D eigenvalue weighted by Crippen LogP contribution is 2.37. The van der Waals surface area contributed by atoms with Gasteiger partial charge in [0.1, 0.15) is 12.3 Å². The van der Waals surface area contributed by atoms with Crippen LogP contribution in [-0.2, 0) is 11.3 Å². The summed E-state index contributed by atoms with van der Waals surface area (Å²) >= 11 is -0.254. The second-order valence-corrected chi connectivity index (χ2v) is 8.33. The molecule has 33 heavy (non-hydrogen) atoms. The lowest BCUT2D eigenvalue weighted by Gasteiger charge is -2.18. The molecule has 0 atom stereocenters. The fourth-order valence-electron chi connectivity index (χ4n) is 3.44. The van der Waals surface area contributed by atoms with E-state index in [1.54, 1.807) is 19.4 Å². The van der Waals surface area contributed by atoms with Crippen molar-refractivity contribution in [2.75, 3.05) is 18.6 Å². The van der Waals surface area contributed by atoms with Gasteiger partial charge in [0.15, 0.2) is 0 Å². The quantitative estimate of drug-likeness (QED) is 0.357. The number of methoxy groups -OCH3 is 1. The molecule has 2 heterocycles. The van der Waals surface area contributed by atoms with E-state index in [1.165, 1.54) is 29.2 Å². The summed E-state index contributed by atoms with van der Waals surface area (Å²) in [6, 6.07) is 15.6. The Bertz CT molecular complexity index is 1170. The van der Waals surface area contributed by atoms with Gasteiger partial charge in [0.2, 0.25) is 0 Å². The monoisotopic (exact) mass is 473 g/mol. The van der Waals surface area contributed by atoms with Crippen LogP contribution in [0.2, 0.25) is 0 Å². The Balaban J connectivity index is 1.48. The number of nitrogens with zero attached hydrogens (tertiary/aromatic N) is 3. The summed E-state index contributed by atoms with van der Waals surface area (Å²) in [6.45, 7) is 0.0623. The maximum absolute atomic E-state index is 12.9. The molecule has 0 unspecified atom stereocenters. The summed E-state index contributed by atoms with van der Waals surface area (Å²) in [6.07, 6.45) is 1.63. The van der Waals surface area contributed by atoms with Gasteiger partial charge >= 0.3 is 11.5 Å². The number of carbonyl (C=O) groups is 2. The number of urea groups is 1. The number of thioether (sulfide) groups is 1. The average molecular weight is 473 g/mol. The van der Waals surface area contributed by atoms with Gasteiger partial charge in [0.25, 0.3) is 5.91 Å². The number of pyridine rings is 1. The van der Waals surface area contributed by atoms with Gasteiger partial charge in [-0.15, -0.1) is 0 Å². The van der Waals surface area contributed by atoms with Crippen LogP contribution >= 0.6 is 11.8 Å². The van der Waals surface area contributed by atoms with E-state index < -0.39 is 17.4 Å². The van der Waals surface area contributed by atoms with Crippen molar-refractivity contribution < 1.29 is 27.5 Å². The summed E-state index contributed by atoms with van der Waals surface area (Å²) in [4.78, 5) is 32.1. The normalized spacial score (nSPS) is 14.2. The Labute approximate surface area is 192 Å². The molecular weight excluding hydrogens is 455 g/mol. The summed E-state index contributed by atoms with van der Waals surface area (Å²) in [7, 11) is 1.58. The molecule has 0 aliphatic carbocycles. The van der Waals surface area contributed by atoms with Crippen LogP contribution in [0.1, 0.15) is 5.56 Å². The largest absolute Gasteiger partial charge is 0.497 e. The topological polar surface area (TPSA) is 62.7 Å². The predicted molar refractivity (Wildman–Crippen MR) is 118 cm³/mol. The van der Waals surface area contributed by atoms with Crippen LogP contribution in [0.5, 0.6) is 5.75 Å². The van der Waals surface area contributed by atoms with Crippen molar-refractivity contribution >= 4 is 29.4 Å². The third kappa shape index (κ3) is 5.28. The van der Waals surface area contributed by atoms with Gasteiger partial charge in [0, 0.05) is 23.2 Å². The molecule has 6 nitrogen and oxygen atoms in total. The van der Waals surface area contributed by atoms with Gasteiger partial charge in [-0.05, 0) is 78.0 Å². The maximum Gasteiger partial charge on any atom is 0.446 e. The zero-order valence-electron chi connectivity index (χ0n) is 17.4. The van der Waals surface area contributed by atoms with Crippen molar-refractivity contribution in [1.82, 2.24) is 9.88 Å². The van der Waals surface area contributed by atoms with Crippen LogP contribution in [0.25, 0.3) is 11.3 Å². The van der Waals surface area contributed by atoms with Gasteiger partial charge in [-0.2, -0.15) is 13.2 Å². The van der Waals surface area contributed by atoms with Crippen molar-refractivity contribution in [1.29, 1.82) is 0 Å². The third-order valence-electron chi connectivity index (χ3n) is 4.95. The first-order valence-corrected chi connectivity index (χ1v) is 10.6. The minimum absolute atomic E-state index is 0.0231. The van der Waals surface area contributed by atoms with Crippen LogP contribution in [0.15, 0.2) is 71.8 Å². The molecule has 1 fully saturated rings. The van der Waals surface area contributed by atoms with E-state index in [9.17, 15) is 22.8 Å². The molecule has 0 bridgehead atoms. The highest BCUT2D eigenvalue weighted by molar-refractivity contribution is 8.00. The highest BCUT2D eigenvalue weighted by atomic mass is 32.2. The molecule has 0 radical (unpaired) electrons. The minimum atomic E-state index is -4.41. The van der Waals surface area contributed by atoms with Gasteiger partial charge < -0.3 is 9.64 Å². The van der Waals surface area contributed by atoms with Crippen molar-refractivity contribution in [3.05, 3.63) is 72.4 Å². The Morgan fingerprint density at radius 1 is 1.03 bits per heavy atom. The van der Waals surface area contributed by atoms with Crippen LogP contribution < -0.4 is 9.64 Å². The molecule has 1 aromatic heterocycles. The Morgan fingerprint density at radius 2 is 1.73 bits per heavy atom. The minimum Gasteiger partial charge on any atom is -0.497 e. The van der Waals surface area contributed by atoms with E-state index >= 15 is 0 Å². The fourth-order valence-corrected chi connectivity index (χ4v) is 3.98. The van der Waals surface area contributed by atoms with E-state index in [-0.39, 0.29) is 35.4 Å². The molecule has 10 heteroatoms. The number of benzene rings is 2. The number of rotatable bonds is 6. The van der Waals surface area contributed by atoms with Gasteiger partial charge in [-0.1, -0.05) is 0 Å². The molecular formula is C23H18F3N3O3S. The predicted octanol–water partition coefficient (Wildman–Crippen LogP) is 5.34. The molecule has 2 aromatic carbocycles. The second kappa shape index (κ2) is 9.14. The fraction of sp³-hybridized carbons (Fsp3) is 0.174. The van der Waals surface area contributed by atoms with E-state index in [2.05, 4.69) is 4.98 Å². The highest BCUT2D eigenvalue weighted by Gasteiger charge is 2.37.